The van der Waals surface area contributed by atoms with E-state index < -0.39 is 0 Å². The van der Waals surface area contributed by atoms with Gasteiger partial charge in [0, 0.05) is 0 Å². The van der Waals surface area contributed by atoms with Gasteiger partial charge in [-0.05, 0) is 33.6 Å². The molecule has 0 unspecified atom stereocenters. The third-order valence-corrected chi connectivity index (χ3v) is 3.77. The third kappa shape index (κ3) is 28.7. The van der Waals surface area contributed by atoms with E-state index in [9.17, 15) is 0 Å². The normalized spacial score (nSPS) is 10.6. The zero-order valence-electron chi connectivity index (χ0n) is 15.6. The summed E-state index contributed by atoms with van der Waals surface area (Å²) in [5, 5.41) is 0. The van der Waals surface area contributed by atoms with Gasteiger partial charge in [-0.25, -0.2) is 0 Å². The fourth-order valence-electron chi connectivity index (χ4n) is 2.32. The van der Waals surface area contributed by atoms with Gasteiger partial charge in [0.25, 0.3) is 0 Å². The molecule has 2 N–H and O–H groups in total. The van der Waals surface area contributed by atoms with Gasteiger partial charge in [0.15, 0.2) is 0 Å². The summed E-state index contributed by atoms with van der Waals surface area (Å²) in [6.07, 6.45) is 18.5. The topological polar surface area (TPSA) is 29.3 Å². The highest BCUT2D eigenvalue weighted by atomic mass is 15.0. The van der Waals surface area contributed by atoms with Crippen LogP contribution in [-0.2, 0) is 0 Å². The molecule has 0 bridgehead atoms. The molecule has 0 spiro atoms. The highest BCUT2D eigenvalue weighted by molar-refractivity contribution is 4.47. The lowest BCUT2D eigenvalue weighted by molar-refractivity contribution is 0.403. The summed E-state index contributed by atoms with van der Waals surface area (Å²) in [7, 11) is 4.10. The fourth-order valence-corrected chi connectivity index (χ4v) is 2.32. The van der Waals surface area contributed by atoms with E-state index >= 15 is 0 Å². The van der Waals surface area contributed by atoms with E-state index in [4.69, 9.17) is 5.73 Å². The first-order valence-corrected chi connectivity index (χ1v) is 9.53. The summed E-state index contributed by atoms with van der Waals surface area (Å²) in [6.45, 7) is 6.48. The Labute approximate surface area is 135 Å². The van der Waals surface area contributed by atoms with E-state index in [1.54, 1.807) is 0 Å². The minimum absolute atomic E-state index is 0.804. The van der Waals surface area contributed by atoms with E-state index in [1.165, 1.54) is 77.0 Å². The molecule has 0 heterocycles. The Morgan fingerprint density at radius 2 is 0.905 bits per heavy atom. The molecule has 0 atom stereocenters. The lowest BCUT2D eigenvalue weighted by atomic mass is 10.1. The van der Waals surface area contributed by atoms with Crippen LogP contribution in [0.3, 0.4) is 0 Å². The average molecular weight is 301 g/mol. The summed E-state index contributed by atoms with van der Waals surface area (Å²) in [5.41, 5.74) is 5.25. The molecule has 0 aliphatic rings. The van der Waals surface area contributed by atoms with Crippen molar-refractivity contribution in [3.8, 4) is 0 Å². The number of nitrogens with two attached hydrogens (primary N) is 1. The second kappa shape index (κ2) is 22.2. The number of rotatable bonds is 14. The number of hydrogen-bond acceptors (Lipinski definition) is 2. The summed E-state index contributed by atoms with van der Waals surface area (Å²) in [5.74, 6) is 0. The fraction of sp³-hybridized carbons (Fsp3) is 1.00. The van der Waals surface area contributed by atoms with E-state index in [2.05, 4.69) is 32.8 Å². The summed E-state index contributed by atoms with van der Waals surface area (Å²) >= 11 is 0. The third-order valence-electron chi connectivity index (χ3n) is 3.77. The van der Waals surface area contributed by atoms with Crippen LogP contribution in [0.15, 0.2) is 0 Å². The van der Waals surface area contributed by atoms with Gasteiger partial charge in [0.05, 0.1) is 0 Å². The Balaban J connectivity index is 0. The highest BCUT2D eigenvalue weighted by Gasteiger charge is 1.91. The first-order chi connectivity index (χ1) is 10.2. The van der Waals surface area contributed by atoms with E-state index in [1.807, 2.05) is 0 Å². The molecule has 0 aliphatic carbocycles. The van der Waals surface area contributed by atoms with Crippen molar-refractivity contribution in [3.63, 3.8) is 0 Å². The largest absolute Gasteiger partial charge is 0.330 e. The number of unbranched alkanes of at least 4 members (excludes halogenated alkanes) is 11. The van der Waals surface area contributed by atoms with Crippen molar-refractivity contribution in [3.05, 3.63) is 0 Å². The summed E-state index contributed by atoms with van der Waals surface area (Å²) in [6, 6.07) is 0. The predicted molar refractivity (Wildman–Crippen MR) is 99.0 cm³/mol. The van der Waals surface area contributed by atoms with Crippen molar-refractivity contribution < 1.29 is 0 Å². The smallest absolute Gasteiger partial charge is 0.00128 e. The summed E-state index contributed by atoms with van der Waals surface area (Å²) in [4.78, 5) is 2.13. The van der Waals surface area contributed by atoms with Crippen molar-refractivity contribution in [1.82, 2.24) is 4.90 Å². The van der Waals surface area contributed by atoms with Crippen molar-refractivity contribution in [2.24, 2.45) is 5.73 Å². The van der Waals surface area contributed by atoms with Gasteiger partial charge < -0.3 is 10.6 Å². The predicted octanol–water partition coefficient (Wildman–Crippen LogP) is 5.60. The molecule has 0 saturated heterocycles. The van der Waals surface area contributed by atoms with Gasteiger partial charge in [0.2, 0.25) is 0 Å². The lowest BCUT2D eigenvalue weighted by Crippen LogP contribution is -2.16. The van der Waals surface area contributed by atoms with Crippen LogP contribution in [0.25, 0.3) is 0 Å². The van der Waals surface area contributed by atoms with Gasteiger partial charge in [-0.2, -0.15) is 0 Å². The van der Waals surface area contributed by atoms with Gasteiger partial charge >= 0.3 is 0 Å². The second-order valence-corrected chi connectivity index (χ2v) is 6.48. The zero-order valence-corrected chi connectivity index (χ0v) is 15.6. The van der Waals surface area contributed by atoms with Crippen molar-refractivity contribution in [1.29, 1.82) is 0 Å². The van der Waals surface area contributed by atoms with Crippen molar-refractivity contribution in [2.45, 2.75) is 97.3 Å². The standard InChI is InChI=1S/C14H30.C5H14N2/c1-3-5-7-9-11-13-14-12-10-8-6-4-2;1-7(2)5-3-4-6/h3-14H2,1-2H3;3-6H2,1-2H3. The Morgan fingerprint density at radius 1 is 0.571 bits per heavy atom. The maximum Gasteiger partial charge on any atom is -0.00128 e. The Bertz CT molecular complexity index is 146. The molecular weight excluding hydrogens is 256 g/mol. The first-order valence-electron chi connectivity index (χ1n) is 9.53. The van der Waals surface area contributed by atoms with Crippen LogP contribution in [0.1, 0.15) is 97.3 Å². The van der Waals surface area contributed by atoms with Crippen LogP contribution >= 0.6 is 0 Å². The number of hydrogen-bond donors (Lipinski definition) is 1. The molecular formula is C19H44N2. The van der Waals surface area contributed by atoms with Crippen LogP contribution in [0.5, 0.6) is 0 Å². The van der Waals surface area contributed by atoms with Gasteiger partial charge in [-0.3, -0.25) is 0 Å². The Kier molecular flexibility index (Phi) is 24.5. The zero-order chi connectivity index (χ0) is 16.2. The van der Waals surface area contributed by atoms with Crippen molar-refractivity contribution >= 4 is 0 Å². The van der Waals surface area contributed by atoms with Crippen molar-refractivity contribution in [2.75, 3.05) is 27.2 Å². The Morgan fingerprint density at radius 3 is 1.10 bits per heavy atom. The molecule has 0 aliphatic heterocycles. The van der Waals surface area contributed by atoms with Gasteiger partial charge in [-0.15, -0.1) is 0 Å². The van der Waals surface area contributed by atoms with E-state index in [0.29, 0.717) is 0 Å². The van der Waals surface area contributed by atoms with Crippen LogP contribution in [0.4, 0.5) is 0 Å². The maximum absolute atomic E-state index is 5.25. The molecule has 0 radical (unpaired) electrons. The monoisotopic (exact) mass is 300 g/mol. The minimum atomic E-state index is 0.804. The number of nitrogens with zero attached hydrogens (tertiary/aromatic N) is 1. The molecule has 0 amide bonds. The van der Waals surface area contributed by atoms with Gasteiger partial charge in [0.1, 0.15) is 0 Å². The molecule has 0 fully saturated rings. The quantitative estimate of drug-likeness (QED) is 0.423. The van der Waals surface area contributed by atoms with E-state index in [-0.39, 0.29) is 0 Å². The molecule has 0 aromatic carbocycles. The molecule has 2 nitrogen and oxygen atoms in total. The van der Waals surface area contributed by atoms with Crippen LogP contribution < -0.4 is 5.73 Å². The first kappa shape index (κ1) is 23.2. The highest BCUT2D eigenvalue weighted by Crippen LogP contribution is 2.11. The molecule has 0 aromatic rings. The van der Waals surface area contributed by atoms with Crippen LogP contribution in [-0.4, -0.2) is 32.1 Å². The molecule has 130 valence electrons. The minimum Gasteiger partial charge on any atom is -0.330 e. The molecule has 21 heavy (non-hydrogen) atoms. The Hall–Kier alpha value is -0.0800. The second-order valence-electron chi connectivity index (χ2n) is 6.48. The molecule has 2 heteroatoms. The van der Waals surface area contributed by atoms with E-state index in [0.717, 1.165) is 19.5 Å². The summed E-state index contributed by atoms with van der Waals surface area (Å²) < 4.78 is 0. The van der Waals surface area contributed by atoms with Crippen LogP contribution in [0, 0.1) is 0 Å². The lowest BCUT2D eigenvalue weighted by Gasteiger charge is -2.05. The molecule has 0 rings (SSSR count). The van der Waals surface area contributed by atoms with Gasteiger partial charge in [-0.1, -0.05) is 90.9 Å². The SMILES string of the molecule is CCCCCCCCCCCCCC.CN(C)CCCN. The maximum atomic E-state index is 5.25. The average Bonchev–Trinajstić information content (AvgIpc) is 2.48. The van der Waals surface area contributed by atoms with Crippen LogP contribution in [0.2, 0.25) is 0 Å². The molecule has 0 saturated carbocycles. The molecule has 0 aromatic heterocycles.